The number of fused-ring (bicyclic) bond motifs is 1. The monoisotopic (exact) mass is 384 g/mol. The number of aryl methyl sites for hydroxylation is 1. The zero-order chi connectivity index (χ0) is 19.8. The van der Waals surface area contributed by atoms with Gasteiger partial charge in [-0.1, -0.05) is 17.3 Å². The fraction of sp³-hybridized carbons (Fsp3) is 0.0455. The maximum absolute atomic E-state index is 12.4. The van der Waals surface area contributed by atoms with E-state index in [1.807, 2.05) is 55.6 Å². The number of hydrogen-bond donors (Lipinski definition) is 1. The first-order chi connectivity index (χ1) is 14.2. The number of nitrogens with one attached hydrogen (secondary N) is 1. The van der Waals surface area contributed by atoms with Crippen LogP contribution in [0.25, 0.3) is 33.9 Å². The van der Waals surface area contributed by atoms with Crippen molar-refractivity contribution in [2.24, 2.45) is 7.05 Å². The molecule has 3 heterocycles. The summed E-state index contributed by atoms with van der Waals surface area (Å²) in [5.74, 6) is 1.42. The van der Waals surface area contributed by atoms with Crippen LogP contribution in [0.15, 0.2) is 81.9 Å². The van der Waals surface area contributed by atoms with E-state index in [-0.39, 0.29) is 11.6 Å². The molecular weight excluding hydrogens is 368 g/mol. The summed E-state index contributed by atoms with van der Waals surface area (Å²) in [5.41, 5.74) is 3.80. The van der Waals surface area contributed by atoms with Crippen molar-refractivity contribution in [3.63, 3.8) is 0 Å². The lowest BCUT2D eigenvalue weighted by molar-refractivity contribution is 0.101. The molecule has 1 N–H and O–H groups in total. The van der Waals surface area contributed by atoms with E-state index in [1.165, 1.54) is 6.26 Å². The molecule has 1 amide bonds. The molecule has 142 valence electrons. The smallest absolute Gasteiger partial charge is 0.277 e. The van der Waals surface area contributed by atoms with E-state index in [2.05, 4.69) is 15.0 Å². The molecule has 0 saturated carbocycles. The Bertz CT molecular complexity index is 1300. The Balaban J connectivity index is 1.35. The van der Waals surface area contributed by atoms with E-state index in [0.717, 1.165) is 22.4 Å². The Kier molecular flexibility index (Phi) is 3.98. The van der Waals surface area contributed by atoms with Crippen LogP contribution in [0.2, 0.25) is 0 Å². The molecule has 3 aromatic heterocycles. The van der Waals surface area contributed by atoms with Crippen LogP contribution in [-0.2, 0) is 7.05 Å². The molecule has 0 spiro atoms. The second-order valence-corrected chi connectivity index (χ2v) is 6.57. The zero-order valence-electron chi connectivity index (χ0n) is 15.5. The minimum Gasteiger partial charge on any atom is -0.461 e. The van der Waals surface area contributed by atoms with Crippen LogP contribution in [-0.4, -0.2) is 20.6 Å². The molecule has 0 radical (unpaired) electrons. The lowest BCUT2D eigenvalue weighted by Gasteiger charge is -2.06. The van der Waals surface area contributed by atoms with Crippen LogP contribution in [0, 0.1) is 0 Å². The Labute approximate surface area is 165 Å². The lowest BCUT2D eigenvalue weighted by Crippen LogP contribution is -2.12. The van der Waals surface area contributed by atoms with Gasteiger partial charge in [-0.25, -0.2) is 4.98 Å². The Morgan fingerprint density at radius 1 is 1.00 bits per heavy atom. The Morgan fingerprint density at radius 3 is 2.59 bits per heavy atom. The van der Waals surface area contributed by atoms with E-state index >= 15 is 0 Å². The summed E-state index contributed by atoms with van der Waals surface area (Å²) in [4.78, 5) is 17.1. The van der Waals surface area contributed by atoms with Crippen molar-refractivity contribution in [2.75, 3.05) is 5.32 Å². The summed E-state index contributed by atoms with van der Waals surface area (Å²) < 4.78 is 12.5. The highest BCUT2D eigenvalue weighted by atomic mass is 16.5. The van der Waals surface area contributed by atoms with Gasteiger partial charge in [0.2, 0.25) is 5.76 Å². The number of amides is 1. The van der Waals surface area contributed by atoms with Crippen LogP contribution >= 0.6 is 0 Å². The number of benzene rings is 2. The largest absolute Gasteiger partial charge is 0.461 e. The van der Waals surface area contributed by atoms with Gasteiger partial charge in [-0.15, -0.1) is 0 Å². The first-order valence-electron chi connectivity index (χ1n) is 9.03. The third-order valence-electron chi connectivity index (χ3n) is 4.69. The predicted octanol–water partition coefficient (Wildman–Crippen LogP) is 4.74. The fourth-order valence-electron chi connectivity index (χ4n) is 3.22. The molecule has 7 nitrogen and oxygen atoms in total. The van der Waals surface area contributed by atoms with Crippen LogP contribution in [0.5, 0.6) is 0 Å². The maximum Gasteiger partial charge on any atom is 0.277 e. The van der Waals surface area contributed by atoms with Crippen molar-refractivity contribution < 1.29 is 13.7 Å². The van der Waals surface area contributed by atoms with E-state index < -0.39 is 0 Å². The minimum absolute atomic E-state index is 0.177. The molecule has 0 aliphatic rings. The number of imidazole rings is 1. The third-order valence-corrected chi connectivity index (χ3v) is 4.69. The molecule has 0 unspecified atom stereocenters. The number of hydrogen-bond acceptors (Lipinski definition) is 5. The molecule has 0 aliphatic heterocycles. The molecule has 0 aliphatic carbocycles. The van der Waals surface area contributed by atoms with Crippen molar-refractivity contribution in [3.8, 4) is 22.9 Å². The van der Waals surface area contributed by atoms with Crippen molar-refractivity contribution in [3.05, 3.63) is 78.7 Å². The molecule has 29 heavy (non-hydrogen) atoms. The first-order valence-corrected chi connectivity index (χ1v) is 9.03. The second kappa shape index (κ2) is 6.79. The van der Waals surface area contributed by atoms with Gasteiger partial charge in [-0.3, -0.25) is 4.79 Å². The van der Waals surface area contributed by atoms with Crippen molar-refractivity contribution in [2.45, 2.75) is 0 Å². The number of nitrogens with zero attached hydrogens (tertiary/aromatic N) is 3. The van der Waals surface area contributed by atoms with E-state index in [1.54, 1.807) is 18.2 Å². The highest BCUT2D eigenvalue weighted by Crippen LogP contribution is 2.25. The zero-order valence-corrected chi connectivity index (χ0v) is 15.5. The molecule has 0 saturated heterocycles. The van der Waals surface area contributed by atoms with Crippen molar-refractivity contribution >= 4 is 22.6 Å². The number of para-hydroxylation sites is 2. The van der Waals surface area contributed by atoms with E-state index in [0.29, 0.717) is 17.2 Å². The maximum atomic E-state index is 12.4. The Hall–Kier alpha value is -4.13. The van der Waals surface area contributed by atoms with Gasteiger partial charge >= 0.3 is 0 Å². The number of rotatable bonds is 4. The molecule has 0 atom stereocenters. The standard InChI is InChI=1S/C22H16N4O3/c1-26-18-6-3-2-5-16(18)24-21(26)14-8-10-15(11-9-14)23-22(27)17-13-20(29-25-17)19-7-4-12-28-19/h2-13H,1H3,(H,23,27). The summed E-state index contributed by atoms with van der Waals surface area (Å²) in [6.45, 7) is 0. The topological polar surface area (TPSA) is 86.1 Å². The molecule has 2 aromatic carbocycles. The quantitative estimate of drug-likeness (QED) is 0.484. The fourth-order valence-corrected chi connectivity index (χ4v) is 3.22. The Morgan fingerprint density at radius 2 is 1.83 bits per heavy atom. The molecular formula is C22H16N4O3. The average Bonchev–Trinajstić information content (AvgIpc) is 3.49. The normalized spacial score (nSPS) is 11.1. The summed E-state index contributed by atoms with van der Waals surface area (Å²) in [5, 5.41) is 6.63. The minimum atomic E-state index is -0.359. The van der Waals surface area contributed by atoms with Gasteiger partial charge < -0.3 is 18.8 Å². The molecule has 0 bridgehead atoms. The molecule has 0 fully saturated rings. The summed E-state index contributed by atoms with van der Waals surface area (Å²) in [7, 11) is 1.99. The predicted molar refractivity (Wildman–Crippen MR) is 108 cm³/mol. The summed E-state index contributed by atoms with van der Waals surface area (Å²) in [6, 6.07) is 20.5. The van der Waals surface area contributed by atoms with Gasteiger partial charge in [0, 0.05) is 24.4 Å². The third kappa shape index (κ3) is 3.08. The van der Waals surface area contributed by atoms with Crippen molar-refractivity contribution in [1.82, 2.24) is 14.7 Å². The van der Waals surface area contributed by atoms with Gasteiger partial charge in [0.25, 0.3) is 5.91 Å². The molecule has 5 aromatic rings. The number of carbonyl (C=O) groups is 1. The van der Waals surface area contributed by atoms with Gasteiger partial charge in [-0.05, 0) is 48.5 Å². The van der Waals surface area contributed by atoms with Crippen LogP contribution in [0.4, 0.5) is 5.69 Å². The second-order valence-electron chi connectivity index (χ2n) is 6.57. The summed E-state index contributed by atoms with van der Waals surface area (Å²) in [6.07, 6.45) is 1.53. The highest BCUT2D eigenvalue weighted by molar-refractivity contribution is 6.03. The molecule has 7 heteroatoms. The number of carbonyl (C=O) groups excluding carboxylic acids is 1. The van der Waals surface area contributed by atoms with Gasteiger partial charge in [0.1, 0.15) is 5.82 Å². The first kappa shape index (κ1) is 17.0. The summed E-state index contributed by atoms with van der Waals surface area (Å²) >= 11 is 0. The van der Waals surface area contributed by atoms with Crippen LogP contribution in [0.1, 0.15) is 10.5 Å². The highest BCUT2D eigenvalue weighted by Gasteiger charge is 2.16. The lowest BCUT2D eigenvalue weighted by atomic mass is 10.2. The van der Waals surface area contributed by atoms with Gasteiger partial charge in [-0.2, -0.15) is 0 Å². The number of anilines is 1. The van der Waals surface area contributed by atoms with Crippen LogP contribution in [0.3, 0.4) is 0 Å². The van der Waals surface area contributed by atoms with Gasteiger partial charge in [0.05, 0.1) is 17.3 Å². The number of furan rings is 1. The SMILES string of the molecule is Cn1c(-c2ccc(NC(=O)c3cc(-c4ccco4)on3)cc2)nc2ccccc21. The average molecular weight is 384 g/mol. The van der Waals surface area contributed by atoms with Crippen molar-refractivity contribution in [1.29, 1.82) is 0 Å². The van der Waals surface area contributed by atoms with Crippen LogP contribution < -0.4 is 5.32 Å². The molecule has 5 rings (SSSR count). The van der Waals surface area contributed by atoms with E-state index in [4.69, 9.17) is 13.9 Å². The number of aromatic nitrogens is 3. The van der Waals surface area contributed by atoms with E-state index in [9.17, 15) is 4.79 Å². The van der Waals surface area contributed by atoms with Gasteiger partial charge in [0.15, 0.2) is 11.5 Å².